The summed E-state index contributed by atoms with van der Waals surface area (Å²) in [6.07, 6.45) is 0. The molecule has 1 aliphatic carbocycles. The lowest BCUT2D eigenvalue weighted by molar-refractivity contribution is 0.590. The normalized spacial score (nSPS) is 14.2. The third-order valence-electron chi connectivity index (χ3n) is 20.5. The van der Waals surface area contributed by atoms with E-state index in [0.717, 1.165) is 123 Å². The van der Waals surface area contributed by atoms with Gasteiger partial charge in [-0.15, -0.1) is 0 Å². The summed E-state index contributed by atoms with van der Waals surface area (Å²) in [5.41, 5.74) is 29.7. The molecule has 0 spiro atoms. The SMILES string of the molecule is CC(C)(C)c1ccc(N2B3c4oc5ccc(-c6ccccc6)cc5c4N(c4ccc(C(C)(C)C)cc4-c4ccccc4)c4cc5c(oc6ccccc65)c(c43)-c3cc4c(cc32)C(C)(C)c2ccc(N(c3ccc(C(C)(C)C)cc3)c3ccc(C(C)(C)C)cc3)cc2-4)cc1. The molecule has 0 amide bonds. The molecule has 0 radical (unpaired) electrons. The van der Waals surface area contributed by atoms with Crippen LogP contribution in [0.3, 0.4) is 0 Å². The number of anilines is 8. The summed E-state index contributed by atoms with van der Waals surface area (Å²) in [6.45, 7) is 32.0. The number of hydrogen-bond acceptors (Lipinski definition) is 5. The molecule has 0 N–H and O–H groups in total. The van der Waals surface area contributed by atoms with Gasteiger partial charge in [0.1, 0.15) is 22.4 Å². The largest absolute Gasteiger partial charge is 0.466 e. The molecule has 0 saturated carbocycles. The van der Waals surface area contributed by atoms with Crippen LogP contribution in [0.4, 0.5) is 45.5 Å². The van der Waals surface area contributed by atoms with Crippen molar-refractivity contribution in [1.29, 1.82) is 0 Å². The maximum absolute atomic E-state index is 7.74. The van der Waals surface area contributed by atoms with E-state index < -0.39 is 6.85 Å². The van der Waals surface area contributed by atoms with Crippen LogP contribution in [0, 0.1) is 0 Å². The van der Waals surface area contributed by atoms with Crippen molar-refractivity contribution >= 4 is 96.4 Å². The van der Waals surface area contributed by atoms with Crippen LogP contribution < -0.4 is 25.7 Å². The second-order valence-corrected chi connectivity index (χ2v) is 31.0. The van der Waals surface area contributed by atoms with Crippen molar-refractivity contribution in [3.63, 3.8) is 0 Å². The van der Waals surface area contributed by atoms with E-state index in [1.807, 2.05) is 0 Å². The van der Waals surface area contributed by atoms with Crippen molar-refractivity contribution < 1.29 is 8.83 Å². The average Bonchev–Trinajstić information content (AvgIpc) is 1.63. The predicted molar refractivity (Wildman–Crippen MR) is 395 cm³/mol. The molecular weight excluding hydrogens is 1130 g/mol. The molecule has 13 aromatic rings. The summed E-state index contributed by atoms with van der Waals surface area (Å²) in [4.78, 5) is 7.64. The second-order valence-electron chi connectivity index (χ2n) is 31.0. The molecular formula is C87H80BN3O2. The number of benzene rings is 11. The fourth-order valence-corrected chi connectivity index (χ4v) is 15.2. The zero-order chi connectivity index (χ0) is 64.4. The van der Waals surface area contributed by atoms with E-state index in [1.54, 1.807) is 0 Å². The summed E-state index contributed by atoms with van der Waals surface area (Å²) < 4.78 is 15.2. The lowest BCUT2D eigenvalue weighted by Gasteiger charge is -2.44. The van der Waals surface area contributed by atoms with Crippen LogP contribution in [0.15, 0.2) is 239 Å². The molecule has 3 aliphatic rings. The van der Waals surface area contributed by atoms with Crippen LogP contribution in [-0.2, 0) is 27.1 Å². The highest BCUT2D eigenvalue weighted by atomic mass is 16.3. The molecule has 5 nitrogen and oxygen atoms in total. The van der Waals surface area contributed by atoms with Gasteiger partial charge in [-0.3, -0.25) is 0 Å². The Kier molecular flexibility index (Phi) is 12.9. The van der Waals surface area contributed by atoms with Gasteiger partial charge in [0.2, 0.25) is 0 Å². The molecule has 6 heteroatoms. The van der Waals surface area contributed by atoms with E-state index in [1.165, 1.54) is 44.5 Å². The molecule has 0 bridgehead atoms. The fourth-order valence-electron chi connectivity index (χ4n) is 15.2. The lowest BCUT2D eigenvalue weighted by atomic mass is 9.45. The van der Waals surface area contributed by atoms with Crippen LogP contribution in [0.1, 0.15) is 130 Å². The smallest absolute Gasteiger partial charge is 0.376 e. The summed E-state index contributed by atoms with van der Waals surface area (Å²) in [7, 11) is 0. The van der Waals surface area contributed by atoms with E-state index in [0.29, 0.717) is 0 Å². The molecule has 0 saturated heterocycles. The van der Waals surface area contributed by atoms with Gasteiger partial charge in [-0.05, 0) is 185 Å². The van der Waals surface area contributed by atoms with Gasteiger partial charge in [0.05, 0.1) is 11.4 Å². The monoisotopic (exact) mass is 1210 g/mol. The van der Waals surface area contributed by atoms with Gasteiger partial charge in [0, 0.05) is 72.4 Å². The lowest BCUT2D eigenvalue weighted by Crippen LogP contribution is -2.61. The van der Waals surface area contributed by atoms with Crippen LogP contribution in [0.5, 0.6) is 0 Å². The van der Waals surface area contributed by atoms with Crippen molar-refractivity contribution in [1.82, 2.24) is 0 Å². The average molecular weight is 1210 g/mol. The minimum Gasteiger partial charge on any atom is -0.466 e. The van der Waals surface area contributed by atoms with E-state index in [2.05, 4.69) is 342 Å². The molecule has 0 unspecified atom stereocenters. The minimum atomic E-state index is -0.437. The Balaban J connectivity index is 1.01. The molecule has 0 atom stereocenters. The second kappa shape index (κ2) is 20.6. The van der Waals surface area contributed by atoms with Gasteiger partial charge in [0.25, 0.3) is 0 Å². The maximum atomic E-state index is 7.74. The van der Waals surface area contributed by atoms with E-state index in [-0.39, 0.29) is 27.1 Å². The Labute approximate surface area is 549 Å². The quantitative estimate of drug-likeness (QED) is 0.149. The standard InChI is InChI=1S/C87H80BN3O2/c1-83(2,3)56-30-37-60(38-31-56)89(61-39-32-57(33-40-61)84(4,5)6)63-43-44-71-66(49-63)67-50-69-74(52-72(67)87(71,13)14)91(62-41-34-58(35-42-62)85(7,8)9)88-79-75(51-68-64-27-21-22-28-76(64)92-81(68)78(69)79)90(73-45-36-59(86(10,11)12)48-65(73)54-25-19-16-20-26-54)80-70-47-55(53-23-17-15-18-24-53)29-46-77(70)93-82(80)88/h15-52H,1-14H3. The number of fused-ring (bicyclic) bond motifs is 13. The molecule has 93 heavy (non-hydrogen) atoms. The van der Waals surface area contributed by atoms with Crippen LogP contribution >= 0.6 is 0 Å². The minimum absolute atomic E-state index is 0.0131. The summed E-state index contributed by atoms with van der Waals surface area (Å²) in [6, 6.07) is 86.9. The highest BCUT2D eigenvalue weighted by Crippen LogP contribution is 2.59. The highest BCUT2D eigenvalue weighted by Gasteiger charge is 2.51. The molecule has 11 aromatic carbocycles. The summed E-state index contributed by atoms with van der Waals surface area (Å²) >= 11 is 0. The van der Waals surface area contributed by atoms with Gasteiger partial charge >= 0.3 is 6.85 Å². The molecule has 2 aliphatic heterocycles. The Morgan fingerprint density at radius 2 is 0.925 bits per heavy atom. The van der Waals surface area contributed by atoms with Crippen molar-refractivity contribution in [3.05, 3.63) is 264 Å². The molecule has 16 rings (SSSR count). The van der Waals surface area contributed by atoms with Gasteiger partial charge in [-0.2, -0.15) is 0 Å². The van der Waals surface area contributed by atoms with Gasteiger partial charge in [-0.25, -0.2) is 0 Å². The van der Waals surface area contributed by atoms with E-state index in [4.69, 9.17) is 8.83 Å². The first-order chi connectivity index (χ1) is 44.4. The van der Waals surface area contributed by atoms with Crippen molar-refractivity contribution in [2.45, 2.75) is 124 Å². The predicted octanol–water partition coefficient (Wildman–Crippen LogP) is 23.3. The third kappa shape index (κ3) is 9.32. The maximum Gasteiger partial charge on any atom is 0.376 e. The zero-order valence-electron chi connectivity index (χ0n) is 56.2. The first-order valence-electron chi connectivity index (χ1n) is 33.2. The third-order valence-corrected chi connectivity index (χ3v) is 20.5. The van der Waals surface area contributed by atoms with Crippen LogP contribution in [0.2, 0.25) is 0 Å². The molecule has 4 heterocycles. The van der Waals surface area contributed by atoms with Crippen LogP contribution in [-0.4, -0.2) is 6.85 Å². The van der Waals surface area contributed by atoms with E-state index in [9.17, 15) is 0 Å². The Morgan fingerprint density at radius 1 is 0.376 bits per heavy atom. The fraction of sp³-hybridized carbons (Fsp3) is 0.218. The number of nitrogens with zero attached hydrogens (tertiary/aromatic N) is 3. The molecule has 0 fully saturated rings. The van der Waals surface area contributed by atoms with Gasteiger partial charge in [-0.1, -0.05) is 230 Å². The Morgan fingerprint density at radius 3 is 1.55 bits per heavy atom. The van der Waals surface area contributed by atoms with Crippen molar-refractivity contribution in [2.75, 3.05) is 14.6 Å². The number of rotatable bonds is 7. The summed E-state index contributed by atoms with van der Waals surface area (Å²) in [5, 5.41) is 3.20. The summed E-state index contributed by atoms with van der Waals surface area (Å²) in [5.74, 6) is 0. The first kappa shape index (κ1) is 58.3. The van der Waals surface area contributed by atoms with Crippen molar-refractivity contribution in [2.24, 2.45) is 0 Å². The van der Waals surface area contributed by atoms with Crippen LogP contribution in [0.25, 0.3) is 77.4 Å². The Bertz CT molecular complexity index is 5080. The number of para-hydroxylation sites is 1. The topological polar surface area (TPSA) is 36.0 Å². The van der Waals surface area contributed by atoms with Gasteiger partial charge < -0.3 is 23.4 Å². The van der Waals surface area contributed by atoms with Gasteiger partial charge in [0.15, 0.2) is 0 Å². The zero-order valence-corrected chi connectivity index (χ0v) is 56.2. The highest BCUT2D eigenvalue weighted by molar-refractivity contribution is 6.93. The van der Waals surface area contributed by atoms with E-state index >= 15 is 0 Å². The van der Waals surface area contributed by atoms with Crippen molar-refractivity contribution in [3.8, 4) is 44.5 Å². The molecule has 2 aromatic heterocycles. The first-order valence-corrected chi connectivity index (χ1v) is 33.2. The Hall–Kier alpha value is -9.78. The molecule has 458 valence electrons. The number of hydrogen-bond donors (Lipinski definition) is 0. The number of furan rings is 2.